The van der Waals surface area contributed by atoms with Gasteiger partial charge in [0.1, 0.15) is 5.75 Å². The van der Waals surface area contributed by atoms with Crippen LogP contribution in [0.15, 0.2) is 48.7 Å². The summed E-state index contributed by atoms with van der Waals surface area (Å²) in [5.41, 5.74) is 2.27. The smallest absolute Gasteiger partial charge is 0.123 e. The van der Waals surface area contributed by atoms with Gasteiger partial charge in [-0.05, 0) is 18.2 Å². The van der Waals surface area contributed by atoms with Crippen LogP contribution >= 0.6 is 11.8 Å². The van der Waals surface area contributed by atoms with Crippen LogP contribution in [-0.4, -0.2) is 36.3 Å². The maximum absolute atomic E-state index is 5.55. The summed E-state index contributed by atoms with van der Waals surface area (Å²) in [4.78, 5) is 4.48. The largest absolute Gasteiger partial charge is 0.496 e. The molecule has 0 radical (unpaired) electrons. The van der Waals surface area contributed by atoms with E-state index in [0.29, 0.717) is 5.37 Å². The van der Waals surface area contributed by atoms with Crippen LogP contribution in [0.1, 0.15) is 17.3 Å². The topological polar surface area (TPSA) is 46.2 Å². The van der Waals surface area contributed by atoms with Crippen LogP contribution in [0.3, 0.4) is 0 Å². The number of thioether (sulfide) groups is 1. The number of ether oxygens (including phenoxy) is 1. The first-order valence-electron chi connectivity index (χ1n) is 7.98. The van der Waals surface area contributed by atoms with Crippen LogP contribution in [0, 0.1) is 0 Å². The number of hydrogen-bond acceptors (Lipinski definition) is 5. The summed E-state index contributed by atoms with van der Waals surface area (Å²) in [6.45, 7) is 2.02. The molecule has 1 aliphatic rings. The van der Waals surface area contributed by atoms with Gasteiger partial charge in [-0.15, -0.1) is 11.8 Å². The molecule has 1 fully saturated rings. The summed E-state index contributed by atoms with van der Waals surface area (Å²) in [5.74, 6) is 2.11. The fourth-order valence-corrected chi connectivity index (χ4v) is 3.80. The standard InChI is InChI=1S/C18H23N3OS/c1-22-17-8-3-2-7-15(17)16(12-14-6-4-5-9-19-14)21-13-18-20-10-11-23-18/h2-9,16,18,20-21H,10-13H2,1H3. The van der Waals surface area contributed by atoms with Crippen molar-refractivity contribution in [3.63, 3.8) is 0 Å². The molecule has 23 heavy (non-hydrogen) atoms. The third-order valence-electron chi connectivity index (χ3n) is 4.00. The Hall–Kier alpha value is -1.56. The van der Waals surface area contributed by atoms with Crippen molar-refractivity contribution in [2.45, 2.75) is 17.8 Å². The van der Waals surface area contributed by atoms with Gasteiger partial charge in [-0.3, -0.25) is 4.98 Å². The van der Waals surface area contributed by atoms with E-state index in [-0.39, 0.29) is 6.04 Å². The zero-order chi connectivity index (χ0) is 15.9. The Morgan fingerprint density at radius 3 is 2.91 bits per heavy atom. The monoisotopic (exact) mass is 329 g/mol. The predicted molar refractivity (Wildman–Crippen MR) is 95.9 cm³/mol. The van der Waals surface area contributed by atoms with Crippen molar-refractivity contribution in [2.75, 3.05) is 26.0 Å². The maximum atomic E-state index is 5.55. The van der Waals surface area contributed by atoms with Crippen molar-refractivity contribution in [3.8, 4) is 5.75 Å². The molecule has 1 aromatic heterocycles. The van der Waals surface area contributed by atoms with E-state index in [1.54, 1.807) is 7.11 Å². The van der Waals surface area contributed by atoms with Crippen molar-refractivity contribution in [3.05, 3.63) is 59.9 Å². The van der Waals surface area contributed by atoms with E-state index >= 15 is 0 Å². The van der Waals surface area contributed by atoms with E-state index in [9.17, 15) is 0 Å². The van der Waals surface area contributed by atoms with Crippen LogP contribution < -0.4 is 15.4 Å². The number of methoxy groups -OCH3 is 1. The Bertz CT molecular complexity index is 602. The van der Waals surface area contributed by atoms with E-state index in [2.05, 4.69) is 33.8 Å². The molecule has 0 spiro atoms. The number of pyridine rings is 1. The Labute approximate surface area is 142 Å². The maximum Gasteiger partial charge on any atom is 0.123 e. The van der Waals surface area contributed by atoms with E-state index in [4.69, 9.17) is 4.74 Å². The number of nitrogens with zero attached hydrogens (tertiary/aromatic N) is 1. The van der Waals surface area contributed by atoms with Crippen LogP contribution in [0.5, 0.6) is 5.75 Å². The third kappa shape index (κ3) is 4.47. The Morgan fingerprint density at radius 1 is 1.30 bits per heavy atom. The van der Waals surface area contributed by atoms with Crippen LogP contribution in [0.25, 0.3) is 0 Å². The quantitative estimate of drug-likeness (QED) is 0.818. The summed E-state index contributed by atoms with van der Waals surface area (Å²) in [6, 6.07) is 14.5. The highest BCUT2D eigenvalue weighted by Crippen LogP contribution is 2.27. The number of nitrogens with one attached hydrogen (secondary N) is 2. The van der Waals surface area contributed by atoms with Crippen LogP contribution in [0.4, 0.5) is 0 Å². The third-order valence-corrected chi connectivity index (χ3v) is 5.17. The van der Waals surface area contributed by atoms with Gasteiger partial charge in [-0.2, -0.15) is 0 Å². The number of benzene rings is 1. The molecular weight excluding hydrogens is 306 g/mol. The molecule has 4 nitrogen and oxygen atoms in total. The molecule has 1 aliphatic heterocycles. The molecule has 0 amide bonds. The number of aromatic nitrogens is 1. The molecule has 1 saturated heterocycles. The minimum atomic E-state index is 0.184. The van der Waals surface area contributed by atoms with Crippen molar-refractivity contribution in [2.24, 2.45) is 0 Å². The van der Waals surface area contributed by atoms with Crippen LogP contribution in [-0.2, 0) is 6.42 Å². The van der Waals surface area contributed by atoms with Crippen LogP contribution in [0.2, 0.25) is 0 Å². The normalized spacial score (nSPS) is 18.7. The fourth-order valence-electron chi connectivity index (χ4n) is 2.83. The van der Waals surface area contributed by atoms with Gasteiger partial charge in [0, 0.05) is 48.8 Å². The van der Waals surface area contributed by atoms with Gasteiger partial charge in [0.2, 0.25) is 0 Å². The van der Waals surface area contributed by atoms with Gasteiger partial charge >= 0.3 is 0 Å². The van der Waals surface area contributed by atoms with E-state index in [1.165, 1.54) is 11.3 Å². The molecule has 3 rings (SSSR count). The summed E-state index contributed by atoms with van der Waals surface area (Å²) < 4.78 is 5.55. The van der Waals surface area contributed by atoms with Gasteiger partial charge < -0.3 is 15.4 Å². The van der Waals surface area contributed by atoms with Gasteiger partial charge in [-0.1, -0.05) is 24.3 Å². The van der Waals surface area contributed by atoms with Gasteiger partial charge in [0.15, 0.2) is 0 Å². The molecule has 1 aromatic carbocycles. The second-order valence-electron chi connectivity index (χ2n) is 5.54. The van der Waals surface area contributed by atoms with E-state index in [1.807, 2.05) is 42.2 Å². The van der Waals surface area contributed by atoms with Crippen molar-refractivity contribution >= 4 is 11.8 Å². The minimum Gasteiger partial charge on any atom is -0.496 e. The summed E-state index contributed by atoms with van der Waals surface area (Å²) in [6.07, 6.45) is 2.70. The number of para-hydroxylation sites is 1. The predicted octanol–water partition coefficient (Wildman–Crippen LogP) is 2.63. The SMILES string of the molecule is COc1ccccc1C(Cc1ccccn1)NCC1NCCS1. The summed E-state index contributed by atoms with van der Waals surface area (Å²) >= 11 is 1.98. The van der Waals surface area contributed by atoms with Crippen molar-refractivity contribution in [1.29, 1.82) is 0 Å². The first-order chi connectivity index (χ1) is 11.4. The lowest BCUT2D eigenvalue weighted by atomic mass is 10.0. The zero-order valence-electron chi connectivity index (χ0n) is 13.4. The average molecular weight is 329 g/mol. The molecule has 5 heteroatoms. The molecule has 2 atom stereocenters. The second kappa shape index (κ2) is 8.34. The van der Waals surface area contributed by atoms with Gasteiger partial charge in [0.05, 0.1) is 12.5 Å². The first-order valence-corrected chi connectivity index (χ1v) is 9.03. The molecule has 0 aliphatic carbocycles. The lowest BCUT2D eigenvalue weighted by Crippen LogP contribution is -2.35. The van der Waals surface area contributed by atoms with Crippen molar-refractivity contribution in [1.82, 2.24) is 15.6 Å². The first kappa shape index (κ1) is 16.3. The second-order valence-corrected chi connectivity index (χ2v) is 6.85. The summed E-state index contributed by atoms with van der Waals surface area (Å²) in [7, 11) is 1.73. The molecule has 2 heterocycles. The molecule has 122 valence electrons. The summed E-state index contributed by atoms with van der Waals surface area (Å²) in [5, 5.41) is 7.69. The highest BCUT2D eigenvalue weighted by atomic mass is 32.2. The zero-order valence-corrected chi connectivity index (χ0v) is 14.2. The van der Waals surface area contributed by atoms with E-state index in [0.717, 1.165) is 31.0 Å². The highest BCUT2D eigenvalue weighted by Gasteiger charge is 2.20. The molecule has 2 N–H and O–H groups in total. The minimum absolute atomic E-state index is 0.184. The van der Waals surface area contributed by atoms with Crippen molar-refractivity contribution < 1.29 is 4.74 Å². The van der Waals surface area contributed by atoms with Gasteiger partial charge in [-0.25, -0.2) is 0 Å². The Morgan fingerprint density at radius 2 is 2.17 bits per heavy atom. The Kier molecular flexibility index (Phi) is 5.91. The lowest BCUT2D eigenvalue weighted by molar-refractivity contribution is 0.397. The molecule has 2 aromatic rings. The lowest BCUT2D eigenvalue weighted by Gasteiger charge is -2.23. The number of hydrogen-bond donors (Lipinski definition) is 2. The number of rotatable bonds is 7. The molecular formula is C18H23N3OS. The van der Waals surface area contributed by atoms with Gasteiger partial charge in [0.25, 0.3) is 0 Å². The average Bonchev–Trinajstić information content (AvgIpc) is 3.13. The Balaban J connectivity index is 1.77. The molecule has 2 unspecified atom stereocenters. The fraction of sp³-hybridized carbons (Fsp3) is 0.389. The molecule has 0 bridgehead atoms. The molecule has 0 saturated carbocycles. The highest BCUT2D eigenvalue weighted by molar-refractivity contribution is 8.00. The van der Waals surface area contributed by atoms with E-state index < -0.39 is 0 Å².